The highest BCUT2D eigenvalue weighted by atomic mass is 35.5. The molecule has 0 saturated carbocycles. The Morgan fingerprint density at radius 3 is 2.50 bits per heavy atom. The van der Waals surface area contributed by atoms with Crippen molar-refractivity contribution in [1.29, 1.82) is 0 Å². The standard InChI is InChI=1S/C12H8ClF3N2O2/c13-7-4-2-1-3-6(7)9-10(19)17-8(18-11(9)20)5-12(14,15)16/h1-4H,5H2,(H2,17,18,19,20). The number of nitrogens with zero attached hydrogens (tertiary/aromatic N) is 1. The second-order valence-electron chi connectivity index (χ2n) is 3.98. The second-order valence-corrected chi connectivity index (χ2v) is 4.39. The highest BCUT2D eigenvalue weighted by molar-refractivity contribution is 6.33. The van der Waals surface area contributed by atoms with Crippen molar-refractivity contribution < 1.29 is 18.3 Å². The number of nitrogens with one attached hydrogen (secondary N) is 1. The Labute approximate surface area is 115 Å². The molecule has 1 aromatic carbocycles. The lowest BCUT2D eigenvalue weighted by molar-refractivity contribution is -0.128. The van der Waals surface area contributed by atoms with Crippen molar-refractivity contribution in [2.45, 2.75) is 12.6 Å². The van der Waals surface area contributed by atoms with Crippen LogP contribution in [0.15, 0.2) is 29.1 Å². The molecule has 1 heterocycles. The molecule has 2 aromatic rings. The average molecular weight is 305 g/mol. The van der Waals surface area contributed by atoms with E-state index < -0.39 is 29.9 Å². The zero-order chi connectivity index (χ0) is 14.9. The van der Waals surface area contributed by atoms with Gasteiger partial charge in [-0.2, -0.15) is 18.2 Å². The molecule has 0 amide bonds. The van der Waals surface area contributed by atoms with Gasteiger partial charge in [0.05, 0.1) is 0 Å². The molecule has 0 saturated heterocycles. The summed E-state index contributed by atoms with van der Waals surface area (Å²) < 4.78 is 36.7. The van der Waals surface area contributed by atoms with Crippen molar-refractivity contribution in [3.63, 3.8) is 0 Å². The van der Waals surface area contributed by atoms with Crippen molar-refractivity contribution in [2.24, 2.45) is 0 Å². The number of rotatable bonds is 2. The fourth-order valence-electron chi connectivity index (χ4n) is 1.69. The SMILES string of the molecule is O=c1[nH]c(CC(F)(F)F)nc(O)c1-c1ccccc1Cl. The molecule has 2 rings (SSSR count). The van der Waals surface area contributed by atoms with Crippen LogP contribution in [0.25, 0.3) is 11.1 Å². The molecule has 106 valence electrons. The predicted octanol–water partition coefficient (Wildman–Crippen LogP) is 2.90. The summed E-state index contributed by atoms with van der Waals surface area (Å²) in [6, 6.07) is 6.13. The molecular formula is C12H8ClF3N2O2. The van der Waals surface area contributed by atoms with Gasteiger partial charge in [0.1, 0.15) is 17.8 Å². The van der Waals surface area contributed by atoms with E-state index in [2.05, 4.69) is 4.98 Å². The lowest BCUT2D eigenvalue weighted by atomic mass is 10.1. The van der Waals surface area contributed by atoms with Crippen LogP contribution in [0.2, 0.25) is 5.02 Å². The third-order valence-electron chi connectivity index (χ3n) is 2.46. The topological polar surface area (TPSA) is 66.0 Å². The summed E-state index contributed by atoms with van der Waals surface area (Å²) in [6.45, 7) is 0. The third-order valence-corrected chi connectivity index (χ3v) is 2.79. The first-order chi connectivity index (χ1) is 9.28. The van der Waals surface area contributed by atoms with Gasteiger partial charge in [0.25, 0.3) is 5.56 Å². The van der Waals surface area contributed by atoms with Crippen LogP contribution < -0.4 is 5.56 Å². The van der Waals surface area contributed by atoms with Gasteiger partial charge in [-0.15, -0.1) is 0 Å². The summed E-state index contributed by atoms with van der Waals surface area (Å²) in [4.78, 5) is 17.2. The molecule has 0 unspecified atom stereocenters. The molecule has 0 aliphatic carbocycles. The Hall–Kier alpha value is -2.02. The average Bonchev–Trinajstić information content (AvgIpc) is 2.28. The fraction of sp³-hybridized carbons (Fsp3) is 0.167. The molecule has 4 nitrogen and oxygen atoms in total. The van der Waals surface area contributed by atoms with E-state index in [1.807, 2.05) is 4.98 Å². The van der Waals surface area contributed by atoms with Gasteiger partial charge in [0.15, 0.2) is 0 Å². The Bertz CT molecular complexity index is 698. The molecular weight excluding hydrogens is 297 g/mol. The summed E-state index contributed by atoms with van der Waals surface area (Å²) in [5, 5.41) is 9.87. The quantitative estimate of drug-likeness (QED) is 0.896. The van der Waals surface area contributed by atoms with Crippen LogP contribution in [0, 0.1) is 0 Å². The smallest absolute Gasteiger partial charge is 0.396 e. The number of halogens is 4. The van der Waals surface area contributed by atoms with E-state index in [0.717, 1.165) is 0 Å². The molecule has 0 fully saturated rings. The third kappa shape index (κ3) is 3.11. The van der Waals surface area contributed by atoms with Gasteiger partial charge >= 0.3 is 6.18 Å². The van der Waals surface area contributed by atoms with Gasteiger partial charge in [-0.1, -0.05) is 29.8 Å². The minimum Gasteiger partial charge on any atom is -0.493 e. The number of hydrogen-bond acceptors (Lipinski definition) is 3. The van der Waals surface area contributed by atoms with E-state index in [-0.39, 0.29) is 16.1 Å². The Balaban J connectivity index is 2.53. The number of aromatic hydroxyl groups is 1. The fourth-order valence-corrected chi connectivity index (χ4v) is 1.92. The lowest BCUT2D eigenvalue weighted by Crippen LogP contribution is -2.20. The van der Waals surface area contributed by atoms with Crippen LogP contribution in [0.1, 0.15) is 5.82 Å². The molecule has 0 aliphatic heterocycles. The van der Waals surface area contributed by atoms with Crippen LogP contribution in [0.5, 0.6) is 5.88 Å². The Kier molecular flexibility index (Phi) is 3.71. The number of aromatic amines is 1. The summed E-state index contributed by atoms with van der Waals surface area (Å²) in [7, 11) is 0. The predicted molar refractivity (Wildman–Crippen MR) is 66.7 cm³/mol. The normalized spacial score (nSPS) is 11.6. The van der Waals surface area contributed by atoms with Crippen molar-refractivity contribution in [3.05, 3.63) is 45.5 Å². The van der Waals surface area contributed by atoms with E-state index in [0.29, 0.717) is 0 Å². The molecule has 0 radical (unpaired) electrons. The van der Waals surface area contributed by atoms with E-state index in [1.165, 1.54) is 12.1 Å². The van der Waals surface area contributed by atoms with Crippen LogP contribution in [-0.4, -0.2) is 21.3 Å². The van der Waals surface area contributed by atoms with E-state index in [9.17, 15) is 23.1 Å². The van der Waals surface area contributed by atoms with Crippen molar-refractivity contribution >= 4 is 11.6 Å². The van der Waals surface area contributed by atoms with Crippen LogP contribution in [0.3, 0.4) is 0 Å². The molecule has 0 atom stereocenters. The number of aromatic nitrogens is 2. The number of hydrogen-bond donors (Lipinski definition) is 2. The number of benzene rings is 1. The maximum absolute atomic E-state index is 12.2. The number of alkyl halides is 3. The van der Waals surface area contributed by atoms with E-state index >= 15 is 0 Å². The first kappa shape index (κ1) is 14.4. The minimum atomic E-state index is -4.53. The van der Waals surface area contributed by atoms with Crippen LogP contribution in [-0.2, 0) is 6.42 Å². The molecule has 1 aromatic heterocycles. The first-order valence-electron chi connectivity index (χ1n) is 5.42. The van der Waals surface area contributed by atoms with Crippen LogP contribution in [0.4, 0.5) is 13.2 Å². The van der Waals surface area contributed by atoms with Crippen molar-refractivity contribution in [2.75, 3.05) is 0 Å². The van der Waals surface area contributed by atoms with Gasteiger partial charge in [0, 0.05) is 10.6 Å². The Morgan fingerprint density at radius 1 is 1.30 bits per heavy atom. The molecule has 0 aliphatic rings. The van der Waals surface area contributed by atoms with E-state index in [1.54, 1.807) is 12.1 Å². The molecule has 8 heteroatoms. The zero-order valence-corrected chi connectivity index (χ0v) is 10.6. The molecule has 2 N–H and O–H groups in total. The molecule has 0 spiro atoms. The minimum absolute atomic E-state index is 0.179. The lowest BCUT2D eigenvalue weighted by Gasteiger charge is -2.09. The van der Waals surface area contributed by atoms with E-state index in [4.69, 9.17) is 11.6 Å². The van der Waals surface area contributed by atoms with Gasteiger partial charge < -0.3 is 10.1 Å². The molecule has 0 bridgehead atoms. The highest BCUT2D eigenvalue weighted by Crippen LogP contribution is 2.30. The summed E-state index contributed by atoms with van der Waals surface area (Å²) in [6.07, 6.45) is -5.97. The van der Waals surface area contributed by atoms with Gasteiger partial charge in [0.2, 0.25) is 5.88 Å². The maximum Gasteiger partial charge on any atom is 0.396 e. The molecule has 20 heavy (non-hydrogen) atoms. The van der Waals surface area contributed by atoms with Gasteiger partial charge in [-0.05, 0) is 6.07 Å². The first-order valence-corrected chi connectivity index (χ1v) is 5.79. The monoisotopic (exact) mass is 304 g/mol. The zero-order valence-electron chi connectivity index (χ0n) is 9.83. The Morgan fingerprint density at radius 2 is 1.95 bits per heavy atom. The van der Waals surface area contributed by atoms with Crippen molar-refractivity contribution in [3.8, 4) is 17.0 Å². The van der Waals surface area contributed by atoms with Crippen LogP contribution >= 0.6 is 11.6 Å². The van der Waals surface area contributed by atoms with Gasteiger partial charge in [-0.25, -0.2) is 0 Å². The largest absolute Gasteiger partial charge is 0.493 e. The number of H-pyrrole nitrogens is 1. The highest BCUT2D eigenvalue weighted by Gasteiger charge is 2.30. The summed E-state index contributed by atoms with van der Waals surface area (Å²) in [5.41, 5.74) is -0.953. The summed E-state index contributed by atoms with van der Waals surface area (Å²) in [5.74, 6) is -1.45. The summed E-state index contributed by atoms with van der Waals surface area (Å²) >= 11 is 5.88. The second kappa shape index (κ2) is 5.16. The maximum atomic E-state index is 12.2. The van der Waals surface area contributed by atoms with Gasteiger partial charge in [-0.3, -0.25) is 4.79 Å². The van der Waals surface area contributed by atoms with Crippen molar-refractivity contribution in [1.82, 2.24) is 9.97 Å².